The van der Waals surface area contributed by atoms with Crippen LogP contribution < -0.4 is 11.5 Å². The zero-order chi connectivity index (χ0) is 14.5. The molecule has 0 atom stereocenters. The quantitative estimate of drug-likeness (QED) is 0.525. The molecule has 1 amide bonds. The highest BCUT2D eigenvalue weighted by Gasteiger charge is 2.13. The van der Waals surface area contributed by atoms with Gasteiger partial charge in [-0.1, -0.05) is 11.8 Å². The third-order valence-corrected chi connectivity index (χ3v) is 4.90. The Morgan fingerprint density at radius 1 is 1.37 bits per heavy atom. The molecule has 0 saturated carbocycles. The number of nitrogens with zero attached hydrogens (tertiary/aromatic N) is 2. The van der Waals surface area contributed by atoms with Crippen LogP contribution in [0.15, 0.2) is 11.2 Å². The van der Waals surface area contributed by atoms with Crippen LogP contribution in [0.3, 0.4) is 0 Å². The minimum Gasteiger partial charge on any atom is -0.384 e. The number of anilines is 1. The number of rotatable bonds is 7. The molecule has 4 N–H and O–H groups in total. The molecule has 0 bridgehead atoms. The second-order valence-corrected chi connectivity index (χ2v) is 7.30. The molecule has 106 valence electrons. The van der Waals surface area contributed by atoms with Crippen molar-refractivity contribution in [3.63, 3.8) is 0 Å². The third kappa shape index (κ3) is 6.39. The number of carbonyl (C=O) groups is 1. The van der Waals surface area contributed by atoms with Gasteiger partial charge in [-0.15, -0.1) is 0 Å². The van der Waals surface area contributed by atoms with Gasteiger partial charge in [-0.05, 0) is 6.92 Å². The summed E-state index contributed by atoms with van der Waals surface area (Å²) in [7, 11) is -3.28. The standard InChI is InChI=1S/C10H16N4O3S2/c1-7-6-8(11)14-10(13-7)18-3-5-19(16,17)4-2-9(12)15/h6H,2-5H2,1H3,(H2,12,15)(H2,11,13,14). The Morgan fingerprint density at radius 2 is 2.05 bits per heavy atom. The number of primary amides is 1. The predicted molar refractivity (Wildman–Crippen MR) is 74.4 cm³/mol. The lowest BCUT2D eigenvalue weighted by Crippen LogP contribution is -2.19. The van der Waals surface area contributed by atoms with E-state index in [2.05, 4.69) is 9.97 Å². The zero-order valence-corrected chi connectivity index (χ0v) is 12.1. The van der Waals surface area contributed by atoms with E-state index in [4.69, 9.17) is 11.5 Å². The second-order valence-electron chi connectivity index (χ2n) is 3.93. The summed E-state index contributed by atoms with van der Waals surface area (Å²) >= 11 is 1.21. The molecule has 0 aliphatic heterocycles. The summed E-state index contributed by atoms with van der Waals surface area (Å²) < 4.78 is 23.1. The number of thioether (sulfide) groups is 1. The summed E-state index contributed by atoms with van der Waals surface area (Å²) in [5.41, 5.74) is 11.2. The number of hydrogen-bond acceptors (Lipinski definition) is 7. The first-order valence-electron chi connectivity index (χ1n) is 5.51. The van der Waals surface area contributed by atoms with Crippen molar-refractivity contribution in [2.24, 2.45) is 5.73 Å². The molecule has 1 heterocycles. The summed E-state index contributed by atoms with van der Waals surface area (Å²) in [6.07, 6.45) is -0.152. The third-order valence-electron chi connectivity index (χ3n) is 2.14. The molecular weight excluding hydrogens is 288 g/mol. The normalized spacial score (nSPS) is 11.4. The lowest BCUT2D eigenvalue weighted by atomic mass is 10.4. The lowest BCUT2D eigenvalue weighted by molar-refractivity contribution is -0.117. The fraction of sp³-hybridized carbons (Fsp3) is 0.500. The van der Waals surface area contributed by atoms with Crippen LogP contribution in [0.2, 0.25) is 0 Å². The summed E-state index contributed by atoms with van der Waals surface area (Å²) in [4.78, 5) is 18.7. The Morgan fingerprint density at radius 3 is 2.63 bits per heavy atom. The number of aromatic nitrogens is 2. The number of hydrogen-bond donors (Lipinski definition) is 2. The highest BCUT2D eigenvalue weighted by Crippen LogP contribution is 2.15. The van der Waals surface area contributed by atoms with Gasteiger partial charge >= 0.3 is 0 Å². The van der Waals surface area contributed by atoms with Gasteiger partial charge in [-0.25, -0.2) is 18.4 Å². The highest BCUT2D eigenvalue weighted by molar-refractivity contribution is 8.00. The zero-order valence-electron chi connectivity index (χ0n) is 10.5. The van der Waals surface area contributed by atoms with E-state index in [1.807, 2.05) is 0 Å². The molecule has 0 unspecified atom stereocenters. The van der Waals surface area contributed by atoms with Gasteiger partial charge in [-0.3, -0.25) is 4.79 Å². The molecule has 0 radical (unpaired) electrons. The molecule has 0 fully saturated rings. The van der Waals surface area contributed by atoms with Crippen molar-refractivity contribution in [3.05, 3.63) is 11.8 Å². The van der Waals surface area contributed by atoms with Gasteiger partial charge in [0, 0.05) is 23.9 Å². The summed E-state index contributed by atoms with van der Waals surface area (Å²) in [6.45, 7) is 1.78. The maximum absolute atomic E-state index is 11.6. The number of nitrogens with two attached hydrogens (primary N) is 2. The Kier molecular flexibility index (Phi) is 5.55. The predicted octanol–water partition coefficient (Wildman–Crippen LogP) is -0.250. The maximum Gasteiger partial charge on any atom is 0.218 e. The Bertz CT molecular complexity index is 540. The molecule has 0 aliphatic rings. The summed E-state index contributed by atoms with van der Waals surface area (Å²) in [5.74, 6) is -0.233. The molecule has 0 spiro atoms. The van der Waals surface area contributed by atoms with E-state index < -0.39 is 15.7 Å². The summed E-state index contributed by atoms with van der Waals surface area (Å²) in [6, 6.07) is 1.63. The minimum absolute atomic E-state index is 0.0534. The Labute approximate surface area is 116 Å². The van der Waals surface area contributed by atoms with Gasteiger partial charge in [0.1, 0.15) is 5.82 Å². The van der Waals surface area contributed by atoms with Gasteiger partial charge in [0.25, 0.3) is 0 Å². The topological polar surface area (TPSA) is 129 Å². The van der Waals surface area contributed by atoms with E-state index in [9.17, 15) is 13.2 Å². The second kappa shape index (κ2) is 6.71. The molecule has 0 aromatic carbocycles. The van der Waals surface area contributed by atoms with Crippen molar-refractivity contribution in [2.75, 3.05) is 23.0 Å². The fourth-order valence-corrected chi connectivity index (χ4v) is 3.87. The van der Waals surface area contributed by atoms with Crippen LogP contribution in [-0.2, 0) is 14.6 Å². The molecule has 19 heavy (non-hydrogen) atoms. The smallest absolute Gasteiger partial charge is 0.218 e. The van der Waals surface area contributed by atoms with Gasteiger partial charge in [-0.2, -0.15) is 0 Å². The Hall–Kier alpha value is -1.35. The van der Waals surface area contributed by atoms with Crippen LogP contribution in [0, 0.1) is 6.92 Å². The average molecular weight is 304 g/mol. The van der Waals surface area contributed by atoms with Crippen molar-refractivity contribution < 1.29 is 13.2 Å². The van der Waals surface area contributed by atoms with Crippen LogP contribution in [0.25, 0.3) is 0 Å². The van der Waals surface area contributed by atoms with Crippen LogP contribution in [-0.4, -0.2) is 41.6 Å². The summed E-state index contributed by atoms with van der Waals surface area (Å²) in [5, 5.41) is 0.447. The van der Waals surface area contributed by atoms with Crippen molar-refractivity contribution in [3.8, 4) is 0 Å². The van der Waals surface area contributed by atoms with Crippen LogP contribution in [0.5, 0.6) is 0 Å². The lowest BCUT2D eigenvalue weighted by Gasteiger charge is -2.04. The first kappa shape index (κ1) is 15.7. The van der Waals surface area contributed by atoms with E-state index >= 15 is 0 Å². The van der Waals surface area contributed by atoms with E-state index in [1.54, 1.807) is 13.0 Å². The minimum atomic E-state index is -3.28. The van der Waals surface area contributed by atoms with Crippen molar-refractivity contribution in [1.29, 1.82) is 0 Å². The Balaban J connectivity index is 2.47. The van der Waals surface area contributed by atoms with Gasteiger partial charge in [0.15, 0.2) is 15.0 Å². The number of nitrogen functional groups attached to an aromatic ring is 1. The maximum atomic E-state index is 11.6. The highest BCUT2D eigenvalue weighted by atomic mass is 32.2. The largest absolute Gasteiger partial charge is 0.384 e. The van der Waals surface area contributed by atoms with E-state index in [0.29, 0.717) is 16.7 Å². The monoisotopic (exact) mass is 304 g/mol. The molecule has 9 heteroatoms. The van der Waals surface area contributed by atoms with Gasteiger partial charge < -0.3 is 11.5 Å². The first-order valence-corrected chi connectivity index (χ1v) is 8.32. The average Bonchev–Trinajstić information content (AvgIpc) is 2.25. The molecule has 7 nitrogen and oxygen atoms in total. The molecule has 1 aromatic rings. The van der Waals surface area contributed by atoms with Crippen molar-refractivity contribution in [1.82, 2.24) is 9.97 Å². The van der Waals surface area contributed by atoms with Crippen LogP contribution in [0.4, 0.5) is 5.82 Å². The first-order chi connectivity index (χ1) is 8.78. The molecule has 0 saturated heterocycles. The molecular formula is C10H16N4O3S2. The SMILES string of the molecule is Cc1cc(N)nc(SCCS(=O)(=O)CCC(N)=O)n1. The van der Waals surface area contributed by atoms with E-state index in [-0.39, 0.29) is 17.9 Å². The molecule has 1 aromatic heterocycles. The number of carbonyl (C=O) groups excluding carboxylic acids is 1. The molecule has 0 aliphatic carbocycles. The van der Waals surface area contributed by atoms with E-state index in [1.165, 1.54) is 11.8 Å². The number of aryl methyl sites for hydroxylation is 1. The fourth-order valence-electron chi connectivity index (χ4n) is 1.25. The van der Waals surface area contributed by atoms with Crippen molar-refractivity contribution in [2.45, 2.75) is 18.5 Å². The molecule has 1 rings (SSSR count). The van der Waals surface area contributed by atoms with Gasteiger partial charge in [0.2, 0.25) is 5.91 Å². The van der Waals surface area contributed by atoms with Crippen LogP contribution >= 0.6 is 11.8 Å². The number of amides is 1. The van der Waals surface area contributed by atoms with Crippen molar-refractivity contribution >= 4 is 33.3 Å². The van der Waals surface area contributed by atoms with Crippen LogP contribution in [0.1, 0.15) is 12.1 Å². The van der Waals surface area contributed by atoms with E-state index in [0.717, 1.165) is 5.69 Å². The van der Waals surface area contributed by atoms with Gasteiger partial charge in [0.05, 0.1) is 11.5 Å². The number of sulfone groups is 1.